The number of hydrogen-bond acceptors (Lipinski definition) is 5. The molecule has 0 radical (unpaired) electrons. The van der Waals surface area contributed by atoms with E-state index >= 15 is 0 Å². The third-order valence-electron chi connectivity index (χ3n) is 3.13. The van der Waals surface area contributed by atoms with Crippen LogP contribution >= 0.6 is 11.3 Å². The predicted molar refractivity (Wildman–Crippen MR) is 85.9 cm³/mol. The highest BCUT2D eigenvalue weighted by atomic mass is 32.1. The molecule has 0 unspecified atom stereocenters. The zero-order chi connectivity index (χ0) is 16.1. The van der Waals surface area contributed by atoms with Crippen LogP contribution in [0.1, 0.15) is 27.7 Å². The summed E-state index contributed by atoms with van der Waals surface area (Å²) in [6.45, 7) is 2.01. The monoisotopic (exact) mass is 316 g/mol. The number of nitrogens with one attached hydrogen (secondary N) is 1. The van der Waals surface area contributed by atoms with Gasteiger partial charge in [0.2, 0.25) is 0 Å². The van der Waals surface area contributed by atoms with E-state index in [0.717, 1.165) is 11.3 Å². The summed E-state index contributed by atoms with van der Waals surface area (Å²) in [5, 5.41) is 12.5. The second-order valence-electron chi connectivity index (χ2n) is 4.44. The molecule has 1 aromatic carbocycles. The molecule has 1 aromatic heterocycles. The van der Waals surface area contributed by atoms with Crippen LogP contribution in [0.4, 0.5) is 5.00 Å². The van der Waals surface area contributed by atoms with Gasteiger partial charge in [-0.2, -0.15) is 5.26 Å². The quantitative estimate of drug-likeness (QED) is 0.917. The van der Waals surface area contributed by atoms with Gasteiger partial charge in [-0.3, -0.25) is 4.79 Å². The minimum atomic E-state index is -0.319. The van der Waals surface area contributed by atoms with Crippen molar-refractivity contribution in [2.45, 2.75) is 13.3 Å². The van der Waals surface area contributed by atoms with Crippen molar-refractivity contribution in [3.8, 4) is 17.6 Å². The molecule has 114 valence electrons. The summed E-state index contributed by atoms with van der Waals surface area (Å²) < 4.78 is 10.3. The molecule has 0 saturated heterocycles. The molecular formula is C16H16N2O3S. The van der Waals surface area contributed by atoms with Crippen molar-refractivity contribution in [3.63, 3.8) is 0 Å². The van der Waals surface area contributed by atoms with Gasteiger partial charge in [0, 0.05) is 10.9 Å². The number of amides is 1. The summed E-state index contributed by atoms with van der Waals surface area (Å²) in [6, 6.07) is 8.86. The summed E-state index contributed by atoms with van der Waals surface area (Å²) in [6.07, 6.45) is 0.821. The summed E-state index contributed by atoms with van der Waals surface area (Å²) in [7, 11) is 3.04. The maximum atomic E-state index is 12.4. The molecule has 5 nitrogen and oxygen atoms in total. The molecule has 0 aliphatic heterocycles. The number of ether oxygens (including phenoxy) is 2. The van der Waals surface area contributed by atoms with Crippen molar-refractivity contribution < 1.29 is 14.3 Å². The zero-order valence-electron chi connectivity index (χ0n) is 12.6. The summed E-state index contributed by atoms with van der Waals surface area (Å²) >= 11 is 1.41. The molecule has 22 heavy (non-hydrogen) atoms. The Bertz CT molecular complexity index is 731. The van der Waals surface area contributed by atoms with Gasteiger partial charge in [-0.05, 0) is 24.6 Å². The lowest BCUT2D eigenvalue weighted by molar-refractivity contribution is 0.102. The molecule has 6 heteroatoms. The first-order chi connectivity index (χ1) is 10.6. The molecule has 1 amide bonds. The van der Waals surface area contributed by atoms with Gasteiger partial charge in [0.25, 0.3) is 5.91 Å². The SMILES string of the molecule is CCc1cc(C#N)c(NC(=O)c2ccc(OC)cc2OC)s1. The molecule has 2 aromatic rings. The van der Waals surface area contributed by atoms with Gasteiger partial charge < -0.3 is 14.8 Å². The standard InChI is InChI=1S/C16H16N2O3S/c1-4-12-7-10(9-17)16(22-12)18-15(19)13-6-5-11(20-2)8-14(13)21-3/h5-8H,4H2,1-3H3,(H,18,19). The molecule has 1 heterocycles. The molecule has 0 spiro atoms. The number of methoxy groups -OCH3 is 2. The maximum absolute atomic E-state index is 12.4. The Morgan fingerprint density at radius 1 is 1.32 bits per heavy atom. The second-order valence-corrected chi connectivity index (χ2v) is 5.58. The van der Waals surface area contributed by atoms with Crippen LogP contribution in [-0.4, -0.2) is 20.1 Å². The summed E-state index contributed by atoms with van der Waals surface area (Å²) in [5.41, 5.74) is 0.862. The Morgan fingerprint density at radius 2 is 2.09 bits per heavy atom. The Balaban J connectivity index is 2.30. The Hall–Kier alpha value is -2.52. The van der Waals surface area contributed by atoms with Gasteiger partial charge >= 0.3 is 0 Å². The van der Waals surface area contributed by atoms with Crippen LogP contribution in [0.3, 0.4) is 0 Å². The first kappa shape index (κ1) is 15.9. The number of nitriles is 1. The first-order valence-electron chi connectivity index (χ1n) is 6.69. The minimum absolute atomic E-state index is 0.319. The number of hydrogen-bond donors (Lipinski definition) is 1. The lowest BCUT2D eigenvalue weighted by Gasteiger charge is -2.10. The van der Waals surface area contributed by atoms with Crippen LogP contribution in [0.25, 0.3) is 0 Å². The lowest BCUT2D eigenvalue weighted by Crippen LogP contribution is -2.13. The fourth-order valence-corrected chi connectivity index (χ4v) is 2.89. The molecule has 0 bridgehead atoms. The number of thiophene rings is 1. The van der Waals surface area contributed by atoms with E-state index in [2.05, 4.69) is 11.4 Å². The zero-order valence-corrected chi connectivity index (χ0v) is 13.4. The van der Waals surface area contributed by atoms with Crippen LogP contribution in [-0.2, 0) is 6.42 Å². The van der Waals surface area contributed by atoms with Crippen molar-refractivity contribution in [3.05, 3.63) is 40.3 Å². The summed E-state index contributed by atoms with van der Waals surface area (Å²) in [4.78, 5) is 13.5. The third-order valence-corrected chi connectivity index (χ3v) is 4.33. The Kier molecular flexibility index (Phi) is 5.02. The average molecular weight is 316 g/mol. The van der Waals surface area contributed by atoms with E-state index in [9.17, 15) is 4.79 Å². The molecule has 2 rings (SSSR count). The number of benzene rings is 1. The molecular weight excluding hydrogens is 300 g/mol. The molecule has 0 fully saturated rings. The van der Waals surface area contributed by atoms with Gasteiger partial charge in [0.15, 0.2) is 0 Å². The molecule has 0 aliphatic carbocycles. The van der Waals surface area contributed by atoms with E-state index in [1.54, 1.807) is 31.4 Å². The van der Waals surface area contributed by atoms with Gasteiger partial charge in [-0.25, -0.2) is 0 Å². The molecule has 0 aliphatic rings. The van der Waals surface area contributed by atoms with Gasteiger partial charge in [-0.1, -0.05) is 6.92 Å². The van der Waals surface area contributed by atoms with Crippen LogP contribution in [0.2, 0.25) is 0 Å². The fourth-order valence-electron chi connectivity index (χ4n) is 1.95. The van der Waals surface area contributed by atoms with E-state index in [1.165, 1.54) is 18.4 Å². The highest BCUT2D eigenvalue weighted by molar-refractivity contribution is 7.16. The number of anilines is 1. The van der Waals surface area contributed by atoms with E-state index in [4.69, 9.17) is 14.7 Å². The maximum Gasteiger partial charge on any atom is 0.260 e. The van der Waals surface area contributed by atoms with Crippen molar-refractivity contribution in [2.75, 3.05) is 19.5 Å². The van der Waals surface area contributed by atoms with Crippen LogP contribution < -0.4 is 14.8 Å². The minimum Gasteiger partial charge on any atom is -0.497 e. The molecule has 0 atom stereocenters. The van der Waals surface area contributed by atoms with Crippen molar-refractivity contribution in [1.29, 1.82) is 5.26 Å². The normalized spacial score (nSPS) is 9.91. The van der Waals surface area contributed by atoms with Crippen molar-refractivity contribution in [1.82, 2.24) is 0 Å². The molecule has 1 N–H and O–H groups in total. The highest BCUT2D eigenvalue weighted by Gasteiger charge is 2.16. The number of carbonyl (C=O) groups is 1. The molecule has 0 saturated carbocycles. The predicted octanol–water partition coefficient (Wildman–Crippen LogP) is 3.45. The van der Waals surface area contributed by atoms with Crippen molar-refractivity contribution in [2.24, 2.45) is 0 Å². The second kappa shape index (κ2) is 6.96. The first-order valence-corrected chi connectivity index (χ1v) is 7.50. The highest BCUT2D eigenvalue weighted by Crippen LogP contribution is 2.30. The van der Waals surface area contributed by atoms with Crippen LogP contribution in [0.5, 0.6) is 11.5 Å². The van der Waals surface area contributed by atoms with Gasteiger partial charge in [-0.15, -0.1) is 11.3 Å². The van der Waals surface area contributed by atoms with E-state index in [-0.39, 0.29) is 5.91 Å². The lowest BCUT2D eigenvalue weighted by atomic mass is 10.1. The van der Waals surface area contributed by atoms with Crippen LogP contribution in [0, 0.1) is 11.3 Å². The van der Waals surface area contributed by atoms with Gasteiger partial charge in [0.05, 0.1) is 25.3 Å². The smallest absolute Gasteiger partial charge is 0.260 e. The number of carbonyl (C=O) groups excluding carboxylic acids is 1. The van der Waals surface area contributed by atoms with Gasteiger partial charge in [0.1, 0.15) is 22.6 Å². The topological polar surface area (TPSA) is 71.4 Å². The van der Waals surface area contributed by atoms with E-state index in [0.29, 0.717) is 27.6 Å². The largest absolute Gasteiger partial charge is 0.497 e. The average Bonchev–Trinajstić information content (AvgIpc) is 2.96. The number of rotatable bonds is 5. The third kappa shape index (κ3) is 3.21. The Labute approximate surface area is 133 Å². The van der Waals surface area contributed by atoms with E-state index < -0.39 is 0 Å². The fraction of sp³-hybridized carbons (Fsp3) is 0.250. The van der Waals surface area contributed by atoms with Crippen molar-refractivity contribution >= 4 is 22.2 Å². The van der Waals surface area contributed by atoms with Crippen LogP contribution in [0.15, 0.2) is 24.3 Å². The summed E-state index contributed by atoms with van der Waals surface area (Å²) in [5.74, 6) is 0.707. The van der Waals surface area contributed by atoms with E-state index in [1.807, 2.05) is 6.92 Å². The number of aryl methyl sites for hydroxylation is 1. The number of nitrogens with zero attached hydrogens (tertiary/aromatic N) is 1. The Morgan fingerprint density at radius 3 is 2.68 bits per heavy atom.